The van der Waals surface area contributed by atoms with Crippen molar-refractivity contribution in [3.8, 4) is 0 Å². The molecule has 26 heavy (non-hydrogen) atoms. The molecule has 0 aromatic heterocycles. The van der Waals surface area contributed by atoms with Crippen molar-refractivity contribution >= 4 is 41.7 Å². The number of likely N-dealkylation sites (N-methyl/N-ethyl adjacent to an activating group) is 1. The highest BCUT2D eigenvalue weighted by atomic mass is 127. The number of rotatable bonds is 7. The summed E-state index contributed by atoms with van der Waals surface area (Å²) in [5.74, 6) is 1.36. The molecule has 2 rings (SSSR count). The van der Waals surface area contributed by atoms with E-state index in [1.165, 1.54) is 6.07 Å². The van der Waals surface area contributed by atoms with Crippen molar-refractivity contribution in [1.82, 2.24) is 15.5 Å². The standard InChI is InChI=1S/C18H29FN4OS.HI/c1-4-20-18(22-11-17-12-23(2)7-8-24-17)21-10-14-5-6-16(19)9-15(14)13-25-3;/h5-6,9,17H,4,7-8,10-13H2,1-3H3,(H2,20,21,22);1H. The third kappa shape index (κ3) is 7.98. The fourth-order valence-corrected chi connectivity index (χ4v) is 3.33. The highest BCUT2D eigenvalue weighted by Crippen LogP contribution is 2.17. The van der Waals surface area contributed by atoms with Crippen LogP contribution in [-0.4, -0.2) is 63.1 Å². The lowest BCUT2D eigenvalue weighted by molar-refractivity contribution is -0.0161. The van der Waals surface area contributed by atoms with Crippen LogP contribution in [0.15, 0.2) is 23.2 Å². The molecule has 0 saturated carbocycles. The van der Waals surface area contributed by atoms with Crippen LogP contribution < -0.4 is 10.6 Å². The van der Waals surface area contributed by atoms with Gasteiger partial charge in [-0.3, -0.25) is 0 Å². The smallest absolute Gasteiger partial charge is 0.191 e. The van der Waals surface area contributed by atoms with Gasteiger partial charge >= 0.3 is 0 Å². The Labute approximate surface area is 177 Å². The Morgan fingerprint density at radius 2 is 2.19 bits per heavy atom. The molecule has 1 unspecified atom stereocenters. The number of thioether (sulfide) groups is 1. The van der Waals surface area contributed by atoms with Gasteiger partial charge < -0.3 is 20.3 Å². The Hall–Kier alpha value is -0.580. The largest absolute Gasteiger partial charge is 0.374 e. The van der Waals surface area contributed by atoms with Crippen molar-refractivity contribution < 1.29 is 9.13 Å². The van der Waals surface area contributed by atoms with E-state index in [0.717, 1.165) is 55.6 Å². The minimum absolute atomic E-state index is 0. The van der Waals surface area contributed by atoms with Gasteiger partial charge in [0.1, 0.15) is 5.82 Å². The van der Waals surface area contributed by atoms with E-state index in [0.29, 0.717) is 6.54 Å². The molecule has 8 heteroatoms. The van der Waals surface area contributed by atoms with Gasteiger partial charge in [-0.05, 0) is 43.5 Å². The Morgan fingerprint density at radius 3 is 2.88 bits per heavy atom. The van der Waals surface area contributed by atoms with Crippen LogP contribution >= 0.6 is 35.7 Å². The van der Waals surface area contributed by atoms with E-state index in [4.69, 9.17) is 4.74 Å². The van der Waals surface area contributed by atoms with E-state index in [2.05, 4.69) is 27.6 Å². The van der Waals surface area contributed by atoms with E-state index >= 15 is 0 Å². The zero-order chi connectivity index (χ0) is 18.1. The number of benzene rings is 1. The van der Waals surface area contributed by atoms with Gasteiger partial charge in [-0.2, -0.15) is 11.8 Å². The van der Waals surface area contributed by atoms with Crippen LogP contribution in [0.3, 0.4) is 0 Å². The molecule has 1 atom stereocenters. The summed E-state index contributed by atoms with van der Waals surface area (Å²) in [5.41, 5.74) is 2.06. The first-order valence-electron chi connectivity index (χ1n) is 8.71. The summed E-state index contributed by atoms with van der Waals surface area (Å²) >= 11 is 1.68. The molecule has 1 aromatic rings. The Balaban J connectivity index is 0.00000338. The van der Waals surface area contributed by atoms with Crippen LogP contribution in [0.4, 0.5) is 4.39 Å². The van der Waals surface area contributed by atoms with Crippen LogP contribution in [0.1, 0.15) is 18.1 Å². The summed E-state index contributed by atoms with van der Waals surface area (Å²) < 4.78 is 19.2. The van der Waals surface area contributed by atoms with E-state index in [-0.39, 0.29) is 35.9 Å². The van der Waals surface area contributed by atoms with Crippen molar-refractivity contribution in [2.45, 2.75) is 25.3 Å². The van der Waals surface area contributed by atoms with Gasteiger partial charge in [0.25, 0.3) is 0 Å². The summed E-state index contributed by atoms with van der Waals surface area (Å²) in [4.78, 5) is 6.92. The highest BCUT2D eigenvalue weighted by molar-refractivity contribution is 14.0. The molecular weight excluding hydrogens is 466 g/mol. The van der Waals surface area contributed by atoms with Gasteiger partial charge in [0.05, 0.1) is 19.3 Å². The fourth-order valence-electron chi connectivity index (χ4n) is 2.75. The average molecular weight is 496 g/mol. The number of halogens is 2. The van der Waals surface area contributed by atoms with Crippen molar-refractivity contribution in [2.75, 3.05) is 46.1 Å². The molecule has 0 aliphatic carbocycles. The van der Waals surface area contributed by atoms with E-state index in [9.17, 15) is 4.39 Å². The predicted molar refractivity (Wildman–Crippen MR) is 119 cm³/mol. The number of ether oxygens (including phenoxy) is 1. The summed E-state index contributed by atoms with van der Waals surface area (Å²) in [6.07, 6.45) is 2.19. The van der Waals surface area contributed by atoms with Crippen molar-refractivity contribution in [1.29, 1.82) is 0 Å². The van der Waals surface area contributed by atoms with Gasteiger partial charge in [0.2, 0.25) is 0 Å². The summed E-state index contributed by atoms with van der Waals surface area (Å²) in [6.45, 7) is 6.74. The van der Waals surface area contributed by atoms with Crippen LogP contribution in [0, 0.1) is 5.82 Å². The first-order valence-corrected chi connectivity index (χ1v) is 10.1. The molecule has 2 N–H and O–H groups in total. The number of aliphatic imine (C=N–C) groups is 1. The zero-order valence-corrected chi connectivity index (χ0v) is 18.9. The number of hydrogen-bond donors (Lipinski definition) is 2. The predicted octanol–water partition coefficient (Wildman–Crippen LogP) is 2.69. The number of hydrogen-bond acceptors (Lipinski definition) is 4. The Bertz CT molecular complexity index is 576. The molecular formula is C18H30FIN4OS. The second-order valence-corrected chi connectivity index (χ2v) is 7.04. The molecule has 1 aliphatic heterocycles. The molecule has 5 nitrogen and oxygen atoms in total. The van der Waals surface area contributed by atoms with Crippen LogP contribution in [-0.2, 0) is 17.0 Å². The quantitative estimate of drug-likeness (QED) is 0.346. The molecule has 1 aromatic carbocycles. The van der Waals surface area contributed by atoms with Gasteiger partial charge in [0.15, 0.2) is 5.96 Å². The number of nitrogens with one attached hydrogen (secondary N) is 2. The average Bonchev–Trinajstić information content (AvgIpc) is 2.59. The fraction of sp³-hybridized carbons (Fsp3) is 0.611. The monoisotopic (exact) mass is 496 g/mol. The molecule has 1 saturated heterocycles. The van der Waals surface area contributed by atoms with Crippen LogP contribution in [0.5, 0.6) is 0 Å². The number of guanidine groups is 1. The molecule has 0 bridgehead atoms. The Morgan fingerprint density at radius 1 is 1.38 bits per heavy atom. The van der Waals surface area contributed by atoms with Crippen molar-refractivity contribution in [3.05, 3.63) is 35.1 Å². The summed E-state index contributed by atoms with van der Waals surface area (Å²) in [5, 5.41) is 6.61. The van der Waals surface area contributed by atoms with Gasteiger partial charge in [-0.1, -0.05) is 6.07 Å². The lowest BCUT2D eigenvalue weighted by Gasteiger charge is -2.30. The van der Waals surface area contributed by atoms with Crippen LogP contribution in [0.25, 0.3) is 0 Å². The third-order valence-corrected chi connectivity index (χ3v) is 4.66. The van der Waals surface area contributed by atoms with Crippen molar-refractivity contribution in [3.63, 3.8) is 0 Å². The maximum absolute atomic E-state index is 13.5. The molecule has 0 amide bonds. The minimum atomic E-state index is -0.194. The summed E-state index contributed by atoms with van der Waals surface area (Å²) in [6, 6.07) is 4.93. The lowest BCUT2D eigenvalue weighted by Crippen LogP contribution is -2.48. The van der Waals surface area contributed by atoms with Crippen LogP contribution in [0.2, 0.25) is 0 Å². The van der Waals surface area contributed by atoms with Gasteiger partial charge in [-0.25, -0.2) is 9.38 Å². The number of morpholine rings is 1. The van der Waals surface area contributed by atoms with E-state index < -0.39 is 0 Å². The van der Waals surface area contributed by atoms with Crippen molar-refractivity contribution in [2.24, 2.45) is 4.99 Å². The molecule has 1 fully saturated rings. The third-order valence-electron chi connectivity index (χ3n) is 4.06. The first kappa shape index (κ1) is 23.5. The normalized spacial score (nSPS) is 18.3. The SMILES string of the molecule is CCNC(=NCc1ccc(F)cc1CSC)NCC1CN(C)CCO1.I. The number of nitrogens with zero attached hydrogens (tertiary/aromatic N) is 2. The lowest BCUT2D eigenvalue weighted by atomic mass is 10.1. The van der Waals surface area contributed by atoms with Gasteiger partial charge in [-0.15, -0.1) is 24.0 Å². The topological polar surface area (TPSA) is 48.9 Å². The van der Waals surface area contributed by atoms with E-state index in [1.807, 2.05) is 19.2 Å². The zero-order valence-electron chi connectivity index (χ0n) is 15.8. The first-order chi connectivity index (χ1) is 12.1. The van der Waals surface area contributed by atoms with E-state index in [1.54, 1.807) is 17.8 Å². The maximum atomic E-state index is 13.5. The molecule has 148 valence electrons. The second kappa shape index (κ2) is 12.7. The maximum Gasteiger partial charge on any atom is 0.191 e. The second-order valence-electron chi connectivity index (χ2n) is 6.18. The summed E-state index contributed by atoms with van der Waals surface area (Å²) in [7, 11) is 2.11. The molecule has 1 heterocycles. The molecule has 0 radical (unpaired) electrons. The highest BCUT2D eigenvalue weighted by Gasteiger charge is 2.17. The molecule has 1 aliphatic rings. The van der Waals surface area contributed by atoms with Gasteiger partial charge in [0, 0.05) is 31.9 Å². The molecule has 0 spiro atoms. The minimum Gasteiger partial charge on any atom is -0.374 e. The Kier molecular flexibility index (Phi) is 11.5.